The Morgan fingerprint density at radius 1 is 1.56 bits per heavy atom. The average Bonchev–Trinajstić information content (AvgIpc) is 2.71. The van der Waals surface area contributed by atoms with Crippen molar-refractivity contribution in [2.75, 3.05) is 31.7 Å². The molecule has 1 aliphatic heterocycles. The van der Waals surface area contributed by atoms with Crippen molar-refractivity contribution >= 4 is 17.4 Å². The van der Waals surface area contributed by atoms with Crippen molar-refractivity contribution in [1.82, 2.24) is 9.97 Å². The molecule has 0 N–H and O–H groups in total. The van der Waals surface area contributed by atoms with Crippen LogP contribution in [0.25, 0.3) is 0 Å². The molecule has 4 nitrogen and oxygen atoms in total. The minimum Gasteiger partial charge on any atom is -0.384 e. The number of hydrogen-bond donors (Lipinski definition) is 0. The van der Waals surface area contributed by atoms with Crippen molar-refractivity contribution in [3.05, 3.63) is 17.0 Å². The second-order valence-electron chi connectivity index (χ2n) is 4.17. The number of rotatable bonds is 3. The third kappa shape index (κ3) is 2.28. The monoisotopic (exact) mass is 241 g/mol. The van der Waals surface area contributed by atoms with Gasteiger partial charge in [0.1, 0.15) is 17.3 Å². The maximum Gasteiger partial charge on any atom is 0.137 e. The molecule has 1 unspecified atom stereocenters. The van der Waals surface area contributed by atoms with Crippen molar-refractivity contribution in [3.8, 4) is 0 Å². The molecule has 1 saturated heterocycles. The van der Waals surface area contributed by atoms with Crippen LogP contribution in [0.1, 0.15) is 12.0 Å². The summed E-state index contributed by atoms with van der Waals surface area (Å²) in [6, 6.07) is 0. The molecule has 2 rings (SSSR count). The van der Waals surface area contributed by atoms with E-state index >= 15 is 0 Å². The van der Waals surface area contributed by atoms with Crippen molar-refractivity contribution in [3.63, 3.8) is 0 Å². The largest absolute Gasteiger partial charge is 0.384 e. The minimum absolute atomic E-state index is 0.542. The van der Waals surface area contributed by atoms with Crippen molar-refractivity contribution < 1.29 is 4.74 Å². The molecule has 16 heavy (non-hydrogen) atoms. The zero-order chi connectivity index (χ0) is 11.5. The molecule has 5 heteroatoms. The normalized spacial score (nSPS) is 20.4. The molecule has 1 aromatic heterocycles. The molecule has 1 fully saturated rings. The summed E-state index contributed by atoms with van der Waals surface area (Å²) < 4.78 is 5.18. The average molecular weight is 242 g/mol. The summed E-state index contributed by atoms with van der Waals surface area (Å²) >= 11 is 5.99. The molecule has 0 saturated carbocycles. The molecule has 0 radical (unpaired) electrons. The van der Waals surface area contributed by atoms with Crippen molar-refractivity contribution in [2.24, 2.45) is 5.92 Å². The van der Waals surface area contributed by atoms with Gasteiger partial charge in [0.25, 0.3) is 0 Å². The fourth-order valence-corrected chi connectivity index (χ4v) is 2.26. The first-order chi connectivity index (χ1) is 7.72. The zero-order valence-electron chi connectivity index (χ0n) is 9.61. The van der Waals surface area contributed by atoms with E-state index in [0.717, 1.165) is 37.5 Å². The zero-order valence-corrected chi connectivity index (χ0v) is 10.4. The number of halogens is 1. The van der Waals surface area contributed by atoms with E-state index in [9.17, 15) is 0 Å². The first-order valence-electron chi connectivity index (χ1n) is 5.43. The summed E-state index contributed by atoms with van der Waals surface area (Å²) in [7, 11) is 1.75. The lowest BCUT2D eigenvalue weighted by Gasteiger charge is -2.19. The van der Waals surface area contributed by atoms with E-state index < -0.39 is 0 Å². The van der Waals surface area contributed by atoms with E-state index in [1.165, 1.54) is 6.33 Å². The van der Waals surface area contributed by atoms with Gasteiger partial charge in [0.05, 0.1) is 6.61 Å². The fourth-order valence-electron chi connectivity index (χ4n) is 2.14. The Morgan fingerprint density at radius 3 is 3.12 bits per heavy atom. The Labute approximate surface area is 101 Å². The van der Waals surface area contributed by atoms with Crippen LogP contribution in [-0.2, 0) is 4.74 Å². The van der Waals surface area contributed by atoms with Crippen LogP contribution < -0.4 is 4.90 Å². The third-order valence-corrected chi connectivity index (χ3v) is 3.36. The van der Waals surface area contributed by atoms with Crippen LogP contribution in [0.5, 0.6) is 0 Å². The second-order valence-corrected chi connectivity index (χ2v) is 4.53. The summed E-state index contributed by atoms with van der Waals surface area (Å²) in [5.74, 6) is 1.55. The van der Waals surface area contributed by atoms with Crippen molar-refractivity contribution in [2.45, 2.75) is 13.3 Å². The molecular weight excluding hydrogens is 226 g/mol. The predicted octanol–water partition coefficient (Wildman–Crippen LogP) is 1.91. The SMILES string of the molecule is COCC1CCN(c2ncnc(Cl)c2C)C1. The summed E-state index contributed by atoms with van der Waals surface area (Å²) in [6.45, 7) is 4.78. The van der Waals surface area contributed by atoms with Gasteiger partial charge in [0.15, 0.2) is 0 Å². The summed E-state index contributed by atoms with van der Waals surface area (Å²) in [6.07, 6.45) is 2.67. The molecule has 0 aliphatic carbocycles. The van der Waals surface area contributed by atoms with Crippen LogP contribution >= 0.6 is 11.6 Å². The Hall–Kier alpha value is -0.870. The van der Waals surface area contributed by atoms with Gasteiger partial charge in [-0.1, -0.05) is 11.6 Å². The fraction of sp³-hybridized carbons (Fsp3) is 0.636. The maximum atomic E-state index is 5.99. The first-order valence-corrected chi connectivity index (χ1v) is 5.81. The highest BCUT2D eigenvalue weighted by Gasteiger charge is 2.24. The Balaban J connectivity index is 2.11. The van der Waals surface area contributed by atoms with Gasteiger partial charge in [0.2, 0.25) is 0 Å². The molecule has 2 heterocycles. The molecule has 1 aliphatic rings. The van der Waals surface area contributed by atoms with E-state index in [4.69, 9.17) is 16.3 Å². The summed E-state index contributed by atoms with van der Waals surface area (Å²) in [5.41, 5.74) is 0.960. The maximum absolute atomic E-state index is 5.99. The molecule has 0 bridgehead atoms. The van der Waals surface area contributed by atoms with Crippen LogP contribution in [0.2, 0.25) is 5.15 Å². The lowest BCUT2D eigenvalue weighted by Crippen LogP contribution is -2.23. The molecular formula is C11H16ClN3O. The van der Waals surface area contributed by atoms with Crippen LogP contribution in [0, 0.1) is 12.8 Å². The van der Waals surface area contributed by atoms with Gasteiger partial charge in [-0.25, -0.2) is 9.97 Å². The van der Waals surface area contributed by atoms with Crippen LogP contribution in [0.4, 0.5) is 5.82 Å². The Bertz CT molecular complexity index is 372. The number of methoxy groups -OCH3 is 1. The molecule has 0 aromatic carbocycles. The Morgan fingerprint density at radius 2 is 2.38 bits per heavy atom. The van der Waals surface area contributed by atoms with Gasteiger partial charge in [-0.2, -0.15) is 0 Å². The van der Waals surface area contributed by atoms with Gasteiger partial charge in [-0.3, -0.25) is 0 Å². The highest BCUT2D eigenvalue weighted by molar-refractivity contribution is 6.30. The predicted molar refractivity (Wildman–Crippen MR) is 64.0 cm³/mol. The molecule has 1 atom stereocenters. The number of nitrogens with zero attached hydrogens (tertiary/aromatic N) is 3. The third-order valence-electron chi connectivity index (χ3n) is 2.98. The topological polar surface area (TPSA) is 38.2 Å². The van der Waals surface area contributed by atoms with Gasteiger partial charge < -0.3 is 9.64 Å². The summed E-state index contributed by atoms with van der Waals surface area (Å²) in [5, 5.41) is 0.542. The quantitative estimate of drug-likeness (QED) is 0.758. The van der Waals surface area contributed by atoms with E-state index in [0.29, 0.717) is 11.1 Å². The lowest BCUT2D eigenvalue weighted by atomic mass is 10.1. The van der Waals surface area contributed by atoms with E-state index in [1.54, 1.807) is 7.11 Å². The first kappa shape index (κ1) is 11.6. The summed E-state index contributed by atoms with van der Waals surface area (Å²) in [4.78, 5) is 10.5. The highest BCUT2D eigenvalue weighted by atomic mass is 35.5. The van der Waals surface area contributed by atoms with E-state index in [1.807, 2.05) is 6.92 Å². The van der Waals surface area contributed by atoms with Gasteiger partial charge in [0, 0.05) is 31.7 Å². The van der Waals surface area contributed by atoms with Crippen LogP contribution in [-0.4, -0.2) is 36.8 Å². The molecule has 1 aromatic rings. The number of aromatic nitrogens is 2. The van der Waals surface area contributed by atoms with Crippen LogP contribution in [0.15, 0.2) is 6.33 Å². The van der Waals surface area contributed by atoms with Gasteiger partial charge >= 0.3 is 0 Å². The second kappa shape index (κ2) is 4.97. The Kier molecular flexibility index (Phi) is 3.61. The lowest BCUT2D eigenvalue weighted by molar-refractivity contribution is 0.161. The molecule has 88 valence electrons. The number of anilines is 1. The minimum atomic E-state index is 0.542. The van der Waals surface area contributed by atoms with Crippen molar-refractivity contribution in [1.29, 1.82) is 0 Å². The van der Waals surface area contributed by atoms with E-state index in [2.05, 4.69) is 14.9 Å². The van der Waals surface area contributed by atoms with Gasteiger partial charge in [-0.15, -0.1) is 0 Å². The molecule has 0 spiro atoms. The number of hydrogen-bond acceptors (Lipinski definition) is 4. The van der Waals surface area contributed by atoms with E-state index in [-0.39, 0.29) is 0 Å². The van der Waals surface area contributed by atoms with Gasteiger partial charge in [-0.05, 0) is 13.3 Å². The highest BCUT2D eigenvalue weighted by Crippen LogP contribution is 2.27. The smallest absolute Gasteiger partial charge is 0.137 e. The standard InChI is InChI=1S/C11H16ClN3O/c1-8-10(12)13-7-14-11(8)15-4-3-9(5-15)6-16-2/h7,9H,3-6H2,1-2H3. The molecule has 0 amide bonds. The number of ether oxygens (including phenoxy) is 1. The van der Waals surface area contributed by atoms with Crippen LogP contribution in [0.3, 0.4) is 0 Å².